The van der Waals surface area contributed by atoms with Gasteiger partial charge in [0.15, 0.2) is 0 Å². The zero-order valence-electron chi connectivity index (χ0n) is 12.1. The minimum atomic E-state index is -1.03. The highest BCUT2D eigenvalue weighted by Crippen LogP contribution is 2.25. The van der Waals surface area contributed by atoms with E-state index in [1.165, 1.54) is 17.5 Å². The second-order valence-electron chi connectivity index (χ2n) is 5.53. The predicted octanol–water partition coefficient (Wildman–Crippen LogP) is 3.66. The molecule has 1 unspecified atom stereocenters. The summed E-state index contributed by atoms with van der Waals surface area (Å²) in [5, 5.41) is 8.89. The van der Waals surface area contributed by atoms with Gasteiger partial charge in [0, 0.05) is 4.90 Å². The quantitative estimate of drug-likeness (QED) is 0.867. The lowest BCUT2D eigenvalue weighted by molar-refractivity contribution is 0.682. The second kappa shape index (κ2) is 5.83. The molecule has 0 aliphatic heterocycles. The van der Waals surface area contributed by atoms with E-state index in [2.05, 4.69) is 18.2 Å². The topological polar surface area (TPSA) is 40.9 Å². The molecule has 21 heavy (non-hydrogen) atoms. The number of hydrogen-bond donors (Lipinski definition) is 0. The number of rotatable bonds is 3. The maximum absolute atomic E-state index is 12.6. The molecule has 0 fully saturated rings. The van der Waals surface area contributed by atoms with Crippen LogP contribution in [0.15, 0.2) is 41.3 Å². The highest BCUT2D eigenvalue weighted by atomic mass is 32.2. The van der Waals surface area contributed by atoms with Crippen LogP contribution in [0.3, 0.4) is 0 Å². The fourth-order valence-corrected chi connectivity index (χ4v) is 4.11. The van der Waals surface area contributed by atoms with E-state index < -0.39 is 10.8 Å². The molecule has 0 heterocycles. The molecule has 0 N–H and O–H groups in total. The van der Waals surface area contributed by atoms with Crippen LogP contribution in [0.2, 0.25) is 0 Å². The van der Waals surface area contributed by atoms with Crippen LogP contribution in [0.25, 0.3) is 0 Å². The van der Waals surface area contributed by atoms with Gasteiger partial charge < -0.3 is 0 Å². The summed E-state index contributed by atoms with van der Waals surface area (Å²) < 4.78 is 12.6. The van der Waals surface area contributed by atoms with E-state index in [0.717, 1.165) is 28.9 Å². The summed E-state index contributed by atoms with van der Waals surface area (Å²) in [7, 11) is -1.03. The van der Waals surface area contributed by atoms with E-state index in [-0.39, 0.29) is 0 Å². The molecule has 0 spiro atoms. The highest BCUT2D eigenvalue weighted by molar-refractivity contribution is 7.84. The molecule has 2 aromatic carbocycles. The number of nitrogens with zero attached hydrogens (tertiary/aromatic N) is 1. The van der Waals surface area contributed by atoms with Crippen molar-refractivity contribution in [3.63, 3.8) is 0 Å². The largest absolute Gasteiger partial charge is 0.254 e. The normalized spacial score (nSPS) is 14.5. The fraction of sp³-hybridized carbons (Fsp3) is 0.278. The summed E-state index contributed by atoms with van der Waals surface area (Å²) in [5.41, 5.74) is 5.50. The molecule has 106 valence electrons. The van der Waals surface area contributed by atoms with Crippen molar-refractivity contribution in [2.45, 2.75) is 36.8 Å². The van der Waals surface area contributed by atoms with Crippen LogP contribution in [0.4, 0.5) is 0 Å². The smallest absolute Gasteiger partial charge is 0.0991 e. The van der Waals surface area contributed by atoms with Crippen LogP contribution < -0.4 is 0 Å². The van der Waals surface area contributed by atoms with Crippen molar-refractivity contribution < 1.29 is 4.21 Å². The zero-order chi connectivity index (χ0) is 14.8. The van der Waals surface area contributed by atoms with Crippen molar-refractivity contribution in [3.05, 3.63) is 64.2 Å². The van der Waals surface area contributed by atoms with E-state index in [4.69, 9.17) is 5.26 Å². The van der Waals surface area contributed by atoms with Crippen LogP contribution in [0, 0.1) is 18.3 Å². The van der Waals surface area contributed by atoms with E-state index >= 15 is 0 Å². The molecule has 2 nitrogen and oxygen atoms in total. The Labute approximate surface area is 127 Å². The predicted molar refractivity (Wildman–Crippen MR) is 84.5 cm³/mol. The number of hydrogen-bond acceptors (Lipinski definition) is 2. The lowest BCUT2D eigenvalue weighted by Gasteiger charge is -2.08. The molecule has 3 heteroatoms. The molecule has 0 saturated heterocycles. The number of aryl methyl sites for hydroxylation is 3. The average Bonchev–Trinajstić information content (AvgIpc) is 2.96. The molecule has 0 aromatic heterocycles. The summed E-state index contributed by atoms with van der Waals surface area (Å²) in [5.74, 6) is 0.510. The van der Waals surface area contributed by atoms with E-state index in [1.54, 1.807) is 6.07 Å². The Bertz CT molecular complexity index is 758. The van der Waals surface area contributed by atoms with Crippen LogP contribution in [0.1, 0.15) is 34.2 Å². The van der Waals surface area contributed by atoms with Crippen molar-refractivity contribution in [1.29, 1.82) is 5.26 Å². The summed E-state index contributed by atoms with van der Waals surface area (Å²) in [6.07, 6.45) is 3.47. The Morgan fingerprint density at radius 1 is 1.14 bits per heavy atom. The molecule has 2 aromatic rings. The van der Waals surface area contributed by atoms with Crippen LogP contribution >= 0.6 is 0 Å². The Balaban J connectivity index is 1.82. The standard InChI is InChI=1S/C18H17NOS/c1-13-9-14(11-19)5-6-17(13)12-21(20)18-8-7-15-3-2-4-16(15)10-18/h5-10H,2-4,12H2,1H3. The summed E-state index contributed by atoms with van der Waals surface area (Å²) in [6, 6.07) is 13.9. The first-order valence-electron chi connectivity index (χ1n) is 7.17. The number of benzene rings is 2. The van der Waals surface area contributed by atoms with Crippen molar-refractivity contribution >= 4 is 10.8 Å². The fourth-order valence-electron chi connectivity index (χ4n) is 2.84. The van der Waals surface area contributed by atoms with Crippen LogP contribution in [-0.4, -0.2) is 4.21 Å². The Morgan fingerprint density at radius 3 is 2.71 bits per heavy atom. The number of nitriles is 1. The molecule has 1 atom stereocenters. The Hall–Kier alpha value is -1.92. The molecule has 3 rings (SSSR count). The van der Waals surface area contributed by atoms with Crippen molar-refractivity contribution in [2.24, 2.45) is 0 Å². The summed E-state index contributed by atoms with van der Waals surface area (Å²) in [6.45, 7) is 1.97. The molecule has 0 bridgehead atoms. The van der Waals surface area contributed by atoms with E-state index in [9.17, 15) is 4.21 Å². The number of fused-ring (bicyclic) bond motifs is 1. The van der Waals surface area contributed by atoms with Crippen molar-refractivity contribution in [2.75, 3.05) is 0 Å². The average molecular weight is 295 g/mol. The molecule has 1 aliphatic carbocycles. The third kappa shape index (κ3) is 2.91. The van der Waals surface area contributed by atoms with E-state index in [0.29, 0.717) is 11.3 Å². The summed E-state index contributed by atoms with van der Waals surface area (Å²) in [4.78, 5) is 0.916. The molecule has 1 aliphatic rings. The van der Waals surface area contributed by atoms with Gasteiger partial charge in [-0.25, -0.2) is 0 Å². The second-order valence-corrected chi connectivity index (χ2v) is 6.98. The minimum absolute atomic E-state index is 0.510. The van der Waals surface area contributed by atoms with Gasteiger partial charge in [-0.15, -0.1) is 0 Å². The van der Waals surface area contributed by atoms with Gasteiger partial charge in [-0.2, -0.15) is 5.26 Å². The molecule has 0 saturated carbocycles. The first kappa shape index (κ1) is 14.0. The molecule has 0 radical (unpaired) electrons. The highest BCUT2D eigenvalue weighted by Gasteiger charge is 2.14. The first-order valence-corrected chi connectivity index (χ1v) is 8.49. The molecule has 0 amide bonds. The van der Waals surface area contributed by atoms with Gasteiger partial charge in [-0.3, -0.25) is 4.21 Å². The van der Waals surface area contributed by atoms with Crippen LogP contribution in [-0.2, 0) is 29.4 Å². The summed E-state index contributed by atoms with van der Waals surface area (Å²) >= 11 is 0. The van der Waals surface area contributed by atoms with Gasteiger partial charge in [0.25, 0.3) is 0 Å². The van der Waals surface area contributed by atoms with Gasteiger partial charge in [0.05, 0.1) is 28.2 Å². The monoisotopic (exact) mass is 295 g/mol. The van der Waals surface area contributed by atoms with Gasteiger partial charge in [0.1, 0.15) is 0 Å². The van der Waals surface area contributed by atoms with Crippen LogP contribution in [0.5, 0.6) is 0 Å². The van der Waals surface area contributed by atoms with Crippen molar-refractivity contribution in [3.8, 4) is 6.07 Å². The van der Waals surface area contributed by atoms with Gasteiger partial charge in [-0.1, -0.05) is 12.1 Å². The third-order valence-electron chi connectivity index (χ3n) is 4.09. The first-order chi connectivity index (χ1) is 10.2. The zero-order valence-corrected chi connectivity index (χ0v) is 12.9. The SMILES string of the molecule is Cc1cc(C#N)ccc1CS(=O)c1ccc2c(c1)CCC2. The minimum Gasteiger partial charge on any atom is -0.254 e. The lowest BCUT2D eigenvalue weighted by atomic mass is 10.1. The molecular formula is C18H17NOS. The molecular weight excluding hydrogens is 278 g/mol. The Kier molecular flexibility index (Phi) is 3.90. The maximum Gasteiger partial charge on any atom is 0.0991 e. The van der Waals surface area contributed by atoms with Gasteiger partial charge in [-0.05, 0) is 72.7 Å². The van der Waals surface area contributed by atoms with E-state index in [1.807, 2.05) is 25.1 Å². The maximum atomic E-state index is 12.6. The lowest BCUT2D eigenvalue weighted by Crippen LogP contribution is -2.00. The van der Waals surface area contributed by atoms with Gasteiger partial charge in [0.2, 0.25) is 0 Å². The Morgan fingerprint density at radius 2 is 1.95 bits per heavy atom. The van der Waals surface area contributed by atoms with Crippen molar-refractivity contribution in [1.82, 2.24) is 0 Å². The van der Waals surface area contributed by atoms with Gasteiger partial charge >= 0.3 is 0 Å². The third-order valence-corrected chi connectivity index (χ3v) is 5.44.